The van der Waals surface area contributed by atoms with Gasteiger partial charge in [0.25, 0.3) is 5.91 Å². The third kappa shape index (κ3) is 4.93. The Morgan fingerprint density at radius 2 is 1.95 bits per heavy atom. The molecule has 0 unspecified atom stereocenters. The quantitative estimate of drug-likeness (QED) is 0.674. The van der Waals surface area contributed by atoms with Gasteiger partial charge >= 0.3 is 5.97 Å². The second-order valence-corrected chi connectivity index (χ2v) is 4.15. The van der Waals surface area contributed by atoms with E-state index in [1.807, 2.05) is 0 Å². The molecule has 0 aliphatic carbocycles. The van der Waals surface area contributed by atoms with E-state index in [1.54, 1.807) is 14.0 Å². The summed E-state index contributed by atoms with van der Waals surface area (Å²) in [4.78, 5) is 33.0. The van der Waals surface area contributed by atoms with Crippen LogP contribution >= 0.6 is 0 Å². The van der Waals surface area contributed by atoms with Crippen molar-refractivity contribution in [3.63, 3.8) is 0 Å². The van der Waals surface area contributed by atoms with E-state index in [9.17, 15) is 9.59 Å². The predicted octanol–water partition coefficient (Wildman–Crippen LogP) is 0.437. The van der Waals surface area contributed by atoms with Gasteiger partial charge in [0.2, 0.25) is 0 Å². The van der Waals surface area contributed by atoms with Crippen molar-refractivity contribution in [3.8, 4) is 0 Å². The van der Waals surface area contributed by atoms with E-state index in [1.165, 1.54) is 24.4 Å². The summed E-state index contributed by atoms with van der Waals surface area (Å²) in [6.07, 6.45) is 3.09. The number of methoxy groups -OCH3 is 2. The van der Waals surface area contributed by atoms with Crippen LogP contribution in [0.3, 0.4) is 0 Å². The highest BCUT2D eigenvalue weighted by Gasteiger charge is 2.18. The minimum absolute atomic E-state index is 0.130. The number of aromatic nitrogens is 2. The molecule has 0 bridgehead atoms. The van der Waals surface area contributed by atoms with Gasteiger partial charge in [-0.3, -0.25) is 14.6 Å². The molecule has 0 atom stereocenters. The first-order chi connectivity index (χ1) is 9.58. The molecule has 0 saturated carbocycles. The molecule has 1 rings (SSSR count). The molecular formula is C13H19N3O4. The Morgan fingerprint density at radius 1 is 1.20 bits per heavy atom. The number of nitrogens with zero attached hydrogens (tertiary/aromatic N) is 3. The highest BCUT2D eigenvalue weighted by Crippen LogP contribution is 2.03. The Kier molecular flexibility index (Phi) is 6.58. The van der Waals surface area contributed by atoms with Gasteiger partial charge in [-0.05, 0) is 6.92 Å². The molecule has 7 heteroatoms. The van der Waals surface area contributed by atoms with E-state index in [2.05, 4.69) is 14.7 Å². The van der Waals surface area contributed by atoms with Gasteiger partial charge in [0.05, 0.1) is 32.0 Å². The largest absolute Gasteiger partial charge is 0.469 e. The van der Waals surface area contributed by atoms with Crippen molar-refractivity contribution < 1.29 is 19.1 Å². The summed E-state index contributed by atoms with van der Waals surface area (Å²) < 4.78 is 9.53. The van der Waals surface area contributed by atoms with Crippen LogP contribution in [0.4, 0.5) is 0 Å². The van der Waals surface area contributed by atoms with Crippen LogP contribution in [0.25, 0.3) is 0 Å². The maximum Gasteiger partial charge on any atom is 0.307 e. The Balaban J connectivity index is 2.72. The molecule has 0 aromatic carbocycles. The van der Waals surface area contributed by atoms with Crippen LogP contribution in [0.1, 0.15) is 22.6 Å². The van der Waals surface area contributed by atoms with E-state index in [4.69, 9.17) is 4.74 Å². The first-order valence-corrected chi connectivity index (χ1v) is 6.22. The maximum atomic E-state index is 12.3. The number of aryl methyl sites for hydroxylation is 1. The standard InChI is InChI=1S/C13H19N3O4/c1-10-8-15-11(9-14-10)13(18)16(6-7-19-2)5-4-12(17)20-3/h8-9H,4-7H2,1-3H3. The molecule has 0 spiro atoms. The van der Waals surface area contributed by atoms with Gasteiger partial charge in [-0.1, -0.05) is 0 Å². The second-order valence-electron chi connectivity index (χ2n) is 4.15. The van der Waals surface area contributed by atoms with Crippen LogP contribution in [0.15, 0.2) is 12.4 Å². The lowest BCUT2D eigenvalue weighted by molar-refractivity contribution is -0.140. The number of hydrogen-bond donors (Lipinski definition) is 0. The SMILES string of the molecule is COCCN(CCC(=O)OC)C(=O)c1cnc(C)cn1. The van der Waals surface area contributed by atoms with Gasteiger partial charge in [0.1, 0.15) is 5.69 Å². The minimum atomic E-state index is -0.366. The summed E-state index contributed by atoms with van der Waals surface area (Å²) in [5.41, 5.74) is 0.983. The lowest BCUT2D eigenvalue weighted by Crippen LogP contribution is -2.36. The average molecular weight is 281 g/mol. The fraction of sp³-hybridized carbons (Fsp3) is 0.538. The molecule has 0 saturated heterocycles. The summed E-state index contributed by atoms with van der Waals surface area (Å²) in [5, 5.41) is 0. The van der Waals surface area contributed by atoms with Crippen molar-refractivity contribution >= 4 is 11.9 Å². The van der Waals surface area contributed by atoms with Crippen LogP contribution in [-0.4, -0.2) is 60.7 Å². The summed E-state index contributed by atoms with van der Waals surface area (Å²) >= 11 is 0. The smallest absolute Gasteiger partial charge is 0.307 e. The fourth-order valence-corrected chi connectivity index (χ4v) is 1.51. The Morgan fingerprint density at radius 3 is 2.50 bits per heavy atom. The normalized spacial score (nSPS) is 10.2. The van der Waals surface area contributed by atoms with E-state index in [-0.39, 0.29) is 30.5 Å². The summed E-state index contributed by atoms with van der Waals surface area (Å²) in [5.74, 6) is -0.645. The molecule has 110 valence electrons. The number of carbonyl (C=O) groups is 2. The number of carbonyl (C=O) groups excluding carboxylic acids is 2. The molecule has 0 aliphatic heterocycles. The molecule has 1 heterocycles. The van der Waals surface area contributed by atoms with E-state index in [0.29, 0.717) is 13.2 Å². The van der Waals surface area contributed by atoms with Crippen molar-refractivity contribution in [3.05, 3.63) is 23.8 Å². The topological polar surface area (TPSA) is 81.6 Å². The zero-order chi connectivity index (χ0) is 15.0. The molecule has 0 aliphatic rings. The number of amides is 1. The maximum absolute atomic E-state index is 12.3. The average Bonchev–Trinajstić information content (AvgIpc) is 2.47. The molecule has 1 aromatic rings. The lowest BCUT2D eigenvalue weighted by atomic mass is 10.3. The molecule has 0 radical (unpaired) electrons. The zero-order valence-corrected chi connectivity index (χ0v) is 12.0. The molecule has 1 amide bonds. The molecule has 0 N–H and O–H groups in total. The van der Waals surface area contributed by atoms with Gasteiger partial charge < -0.3 is 14.4 Å². The summed E-state index contributed by atoms with van der Waals surface area (Å²) in [6, 6.07) is 0. The molecular weight excluding hydrogens is 262 g/mol. The van der Waals surface area contributed by atoms with Gasteiger partial charge in [-0.25, -0.2) is 4.98 Å². The molecule has 1 aromatic heterocycles. The van der Waals surface area contributed by atoms with Crippen LogP contribution in [-0.2, 0) is 14.3 Å². The van der Waals surface area contributed by atoms with Crippen LogP contribution in [0.5, 0.6) is 0 Å². The van der Waals surface area contributed by atoms with Crippen LogP contribution < -0.4 is 0 Å². The monoisotopic (exact) mass is 281 g/mol. The summed E-state index contributed by atoms with van der Waals surface area (Å²) in [7, 11) is 2.86. The zero-order valence-electron chi connectivity index (χ0n) is 12.0. The number of ether oxygens (including phenoxy) is 2. The Hall–Kier alpha value is -2.02. The second kappa shape index (κ2) is 8.21. The molecule has 7 nitrogen and oxygen atoms in total. The van der Waals surface area contributed by atoms with E-state index in [0.717, 1.165) is 5.69 Å². The van der Waals surface area contributed by atoms with E-state index >= 15 is 0 Å². The predicted molar refractivity (Wildman–Crippen MR) is 71.2 cm³/mol. The number of esters is 1. The van der Waals surface area contributed by atoms with Gasteiger partial charge in [0.15, 0.2) is 0 Å². The highest BCUT2D eigenvalue weighted by molar-refractivity contribution is 5.92. The Labute approximate surface area is 117 Å². The number of rotatable bonds is 7. The van der Waals surface area contributed by atoms with Crippen molar-refractivity contribution in [2.45, 2.75) is 13.3 Å². The third-order valence-electron chi connectivity index (χ3n) is 2.67. The Bertz CT molecular complexity index is 447. The van der Waals surface area contributed by atoms with Crippen molar-refractivity contribution in [2.75, 3.05) is 33.9 Å². The van der Waals surface area contributed by atoms with Gasteiger partial charge in [0, 0.05) is 26.4 Å². The molecule has 0 fully saturated rings. The van der Waals surface area contributed by atoms with E-state index < -0.39 is 0 Å². The lowest BCUT2D eigenvalue weighted by Gasteiger charge is -2.21. The first-order valence-electron chi connectivity index (χ1n) is 6.22. The highest BCUT2D eigenvalue weighted by atomic mass is 16.5. The van der Waals surface area contributed by atoms with Crippen molar-refractivity contribution in [1.29, 1.82) is 0 Å². The minimum Gasteiger partial charge on any atom is -0.469 e. The first kappa shape index (κ1) is 16.0. The van der Waals surface area contributed by atoms with Crippen LogP contribution in [0, 0.1) is 6.92 Å². The van der Waals surface area contributed by atoms with Gasteiger partial charge in [-0.15, -0.1) is 0 Å². The third-order valence-corrected chi connectivity index (χ3v) is 2.67. The summed E-state index contributed by atoms with van der Waals surface area (Å²) in [6.45, 7) is 2.81. The fourth-order valence-electron chi connectivity index (χ4n) is 1.51. The van der Waals surface area contributed by atoms with Gasteiger partial charge in [-0.2, -0.15) is 0 Å². The van der Waals surface area contributed by atoms with Crippen molar-refractivity contribution in [2.24, 2.45) is 0 Å². The van der Waals surface area contributed by atoms with Crippen molar-refractivity contribution in [1.82, 2.24) is 14.9 Å². The molecule has 20 heavy (non-hydrogen) atoms. The number of hydrogen-bond acceptors (Lipinski definition) is 6. The van der Waals surface area contributed by atoms with Crippen LogP contribution in [0.2, 0.25) is 0 Å².